The normalized spacial score (nSPS) is 9.08. The van der Waals surface area contributed by atoms with Gasteiger partial charge in [0.05, 0.1) is 0 Å². The molecule has 0 bridgehead atoms. The zero-order valence-electron chi connectivity index (χ0n) is 5.97. The average Bonchev–Trinajstić information content (AvgIpc) is 2.08. The molecule has 0 spiro atoms. The van der Waals surface area contributed by atoms with Crippen LogP contribution < -0.4 is 0 Å². The van der Waals surface area contributed by atoms with Gasteiger partial charge in [-0.2, -0.15) is 0 Å². The van der Waals surface area contributed by atoms with Gasteiger partial charge in [-0.25, -0.2) is 4.39 Å². The van der Waals surface area contributed by atoms with Crippen molar-refractivity contribution in [2.75, 3.05) is 0 Å². The first-order valence-corrected chi connectivity index (χ1v) is 3.90. The predicted octanol–water partition coefficient (Wildman–Crippen LogP) is 2.40. The molecule has 0 aromatic heterocycles. The maximum absolute atomic E-state index is 12.6. The summed E-state index contributed by atoms with van der Waals surface area (Å²) in [6, 6.07) is 3.80. The molecule has 12 heavy (non-hydrogen) atoms. The molecule has 0 saturated carbocycles. The Bertz CT molecular complexity index is 365. The van der Waals surface area contributed by atoms with Gasteiger partial charge < -0.3 is 0 Å². The maximum atomic E-state index is 12.6. The van der Waals surface area contributed by atoms with Gasteiger partial charge in [0.15, 0.2) is 0 Å². The van der Waals surface area contributed by atoms with Crippen LogP contribution in [0.25, 0.3) is 0 Å². The third-order valence-corrected chi connectivity index (χ3v) is 2.00. The van der Waals surface area contributed by atoms with Gasteiger partial charge in [0, 0.05) is 10.0 Å². The summed E-state index contributed by atoms with van der Waals surface area (Å²) in [4.78, 5) is 11.0. The molecule has 0 atom stereocenters. The minimum absolute atomic E-state index is 0.178. The van der Waals surface area contributed by atoms with Crippen molar-refractivity contribution in [3.8, 4) is 12.3 Å². The highest BCUT2D eigenvalue weighted by atomic mass is 79.9. The van der Waals surface area contributed by atoms with Gasteiger partial charge in [0.25, 0.3) is 0 Å². The zero-order valence-corrected chi connectivity index (χ0v) is 7.56. The molecule has 0 aliphatic rings. The molecule has 0 aliphatic carbocycles. The van der Waals surface area contributed by atoms with E-state index in [1.54, 1.807) is 0 Å². The molecule has 0 aliphatic heterocycles. The quantitative estimate of drug-likeness (QED) is 0.409. The van der Waals surface area contributed by atoms with Crippen LogP contribution in [-0.2, 0) is 0 Å². The first kappa shape index (κ1) is 8.95. The SMILES string of the molecule is C#CC(=O)c1cc(F)ccc1Br. The van der Waals surface area contributed by atoms with Crippen molar-refractivity contribution in [1.29, 1.82) is 0 Å². The highest BCUT2D eigenvalue weighted by Gasteiger charge is 2.07. The predicted molar refractivity (Wildman–Crippen MR) is 47.3 cm³/mol. The van der Waals surface area contributed by atoms with Gasteiger partial charge in [-0.15, -0.1) is 6.42 Å². The first-order valence-electron chi connectivity index (χ1n) is 3.11. The van der Waals surface area contributed by atoms with Crippen LogP contribution in [0.4, 0.5) is 4.39 Å². The van der Waals surface area contributed by atoms with Gasteiger partial charge in [-0.05, 0) is 24.1 Å². The van der Waals surface area contributed by atoms with Crippen LogP contribution >= 0.6 is 15.9 Å². The number of benzene rings is 1. The van der Waals surface area contributed by atoms with E-state index in [0.717, 1.165) is 6.07 Å². The lowest BCUT2D eigenvalue weighted by Gasteiger charge is -1.97. The molecular weight excluding hydrogens is 223 g/mol. The van der Waals surface area contributed by atoms with Crippen LogP contribution in [0, 0.1) is 18.2 Å². The van der Waals surface area contributed by atoms with E-state index in [1.165, 1.54) is 12.1 Å². The van der Waals surface area contributed by atoms with Gasteiger partial charge in [-0.1, -0.05) is 15.9 Å². The third kappa shape index (κ3) is 1.72. The molecule has 1 aromatic rings. The van der Waals surface area contributed by atoms with Gasteiger partial charge in [0.2, 0.25) is 5.78 Å². The largest absolute Gasteiger partial charge is 0.279 e. The molecule has 60 valence electrons. The number of carbonyl (C=O) groups excluding carboxylic acids is 1. The summed E-state index contributed by atoms with van der Waals surface area (Å²) < 4.78 is 13.1. The van der Waals surface area contributed by atoms with E-state index in [-0.39, 0.29) is 5.56 Å². The molecule has 0 N–H and O–H groups in total. The Labute approximate surface area is 77.7 Å². The van der Waals surface area contributed by atoms with Crippen molar-refractivity contribution >= 4 is 21.7 Å². The van der Waals surface area contributed by atoms with Crippen LogP contribution in [0.2, 0.25) is 0 Å². The topological polar surface area (TPSA) is 17.1 Å². The lowest BCUT2D eigenvalue weighted by Crippen LogP contribution is -1.96. The monoisotopic (exact) mass is 226 g/mol. The molecule has 1 nitrogen and oxygen atoms in total. The summed E-state index contributed by atoms with van der Waals surface area (Å²) in [5, 5.41) is 0. The molecule has 1 aromatic carbocycles. The zero-order chi connectivity index (χ0) is 9.14. The van der Waals surface area contributed by atoms with Crippen LogP contribution in [0.5, 0.6) is 0 Å². The number of halogens is 2. The van der Waals surface area contributed by atoms with E-state index in [4.69, 9.17) is 6.42 Å². The second-order valence-electron chi connectivity index (χ2n) is 2.10. The lowest BCUT2D eigenvalue weighted by molar-refractivity contribution is 0.105. The molecule has 0 heterocycles. The molecule has 0 saturated heterocycles. The Balaban J connectivity index is 3.25. The highest BCUT2D eigenvalue weighted by molar-refractivity contribution is 9.10. The summed E-state index contributed by atoms with van der Waals surface area (Å²) in [7, 11) is 0. The van der Waals surface area contributed by atoms with Crippen LogP contribution in [0.3, 0.4) is 0 Å². The number of hydrogen-bond acceptors (Lipinski definition) is 1. The third-order valence-electron chi connectivity index (χ3n) is 1.30. The Hall–Kier alpha value is -1.14. The molecule has 0 unspecified atom stereocenters. The second-order valence-corrected chi connectivity index (χ2v) is 2.95. The molecular formula is C9H4BrFO. The minimum atomic E-state index is -0.527. The fourth-order valence-corrected chi connectivity index (χ4v) is 1.18. The van der Waals surface area contributed by atoms with Crippen molar-refractivity contribution in [3.63, 3.8) is 0 Å². The van der Waals surface area contributed by atoms with Gasteiger partial charge in [-0.3, -0.25) is 4.79 Å². The molecule has 0 radical (unpaired) electrons. The standard InChI is InChI=1S/C9H4BrFO/c1-2-9(12)7-5-6(11)3-4-8(7)10/h1,3-5H. The van der Waals surface area contributed by atoms with Crippen LogP contribution in [0.1, 0.15) is 10.4 Å². The summed E-state index contributed by atoms with van der Waals surface area (Å²) in [6.07, 6.45) is 4.88. The van der Waals surface area contributed by atoms with E-state index in [9.17, 15) is 9.18 Å². The summed E-state index contributed by atoms with van der Waals surface area (Å²) >= 11 is 3.09. The Morgan fingerprint density at radius 3 is 2.83 bits per heavy atom. The van der Waals surface area contributed by atoms with Gasteiger partial charge in [0.1, 0.15) is 5.82 Å². The Morgan fingerprint density at radius 2 is 2.25 bits per heavy atom. The van der Waals surface area contributed by atoms with E-state index >= 15 is 0 Å². The molecule has 0 amide bonds. The second kappa shape index (κ2) is 3.51. The number of hydrogen-bond donors (Lipinski definition) is 0. The van der Waals surface area contributed by atoms with E-state index in [0.29, 0.717) is 4.47 Å². The fraction of sp³-hybridized carbons (Fsp3) is 0. The Morgan fingerprint density at radius 1 is 1.58 bits per heavy atom. The lowest BCUT2D eigenvalue weighted by atomic mass is 10.1. The van der Waals surface area contributed by atoms with Crippen LogP contribution in [0.15, 0.2) is 22.7 Å². The number of carbonyl (C=O) groups is 1. The first-order chi connectivity index (χ1) is 5.65. The molecule has 1 rings (SSSR count). The summed E-state index contributed by atoms with van der Waals surface area (Å²) in [6.45, 7) is 0. The highest BCUT2D eigenvalue weighted by Crippen LogP contribution is 2.17. The minimum Gasteiger partial charge on any atom is -0.279 e. The van der Waals surface area contributed by atoms with Crippen molar-refractivity contribution in [2.24, 2.45) is 0 Å². The fourth-order valence-electron chi connectivity index (χ4n) is 0.749. The number of terminal acetylenes is 1. The van der Waals surface area contributed by atoms with E-state index in [2.05, 4.69) is 15.9 Å². The smallest absolute Gasteiger partial charge is 0.236 e. The summed E-state index contributed by atoms with van der Waals surface area (Å²) in [5.41, 5.74) is 0.178. The maximum Gasteiger partial charge on any atom is 0.236 e. The summed E-state index contributed by atoms with van der Waals surface area (Å²) in [5.74, 6) is 0.912. The Kier molecular flexibility index (Phi) is 2.61. The number of rotatable bonds is 1. The molecule has 3 heteroatoms. The van der Waals surface area contributed by atoms with Crippen molar-refractivity contribution in [3.05, 3.63) is 34.1 Å². The number of Topliss-reactive ketones (excluding diaryl/α,β-unsaturated/α-hetero) is 1. The average molecular weight is 227 g/mol. The van der Waals surface area contributed by atoms with Crippen LogP contribution in [-0.4, -0.2) is 5.78 Å². The van der Waals surface area contributed by atoms with Crippen molar-refractivity contribution in [1.82, 2.24) is 0 Å². The molecule has 0 fully saturated rings. The van der Waals surface area contributed by atoms with Crippen molar-refractivity contribution < 1.29 is 9.18 Å². The number of ketones is 1. The van der Waals surface area contributed by atoms with E-state index in [1.807, 2.05) is 5.92 Å². The van der Waals surface area contributed by atoms with Gasteiger partial charge >= 0.3 is 0 Å². The van der Waals surface area contributed by atoms with Crippen molar-refractivity contribution in [2.45, 2.75) is 0 Å². The van der Waals surface area contributed by atoms with E-state index < -0.39 is 11.6 Å².